The van der Waals surface area contributed by atoms with Crippen LogP contribution >= 0.6 is 11.8 Å². The Hall–Kier alpha value is -1.83. The zero-order chi connectivity index (χ0) is 17.6. The molecule has 1 aliphatic heterocycles. The highest BCUT2D eigenvalue weighted by atomic mass is 32.2. The number of rotatable bonds is 5. The van der Waals surface area contributed by atoms with E-state index in [9.17, 15) is 5.11 Å². The summed E-state index contributed by atoms with van der Waals surface area (Å²) >= 11 is 1.58. The van der Waals surface area contributed by atoms with Gasteiger partial charge in [-0.05, 0) is 18.1 Å². The summed E-state index contributed by atoms with van der Waals surface area (Å²) in [4.78, 5) is 11.1. The predicted molar refractivity (Wildman–Crippen MR) is 101 cm³/mol. The van der Waals surface area contributed by atoms with Crippen molar-refractivity contribution in [3.8, 4) is 0 Å². The van der Waals surface area contributed by atoms with Crippen LogP contribution in [0.3, 0.4) is 0 Å². The highest BCUT2D eigenvalue weighted by Crippen LogP contribution is 2.25. The number of nitrogen functional groups attached to an aromatic ring is 1. The standard InChI is InChI=1S/C18H24N4O2S/c1-13-4-2-3-5-15(13)12-25-18-20-16(19)8-17(21-18)22-6-7-24-11-14(9-22)10-23/h2-5,8,14,23H,6-7,9-12H2,1H3,(H2,19,20,21). The van der Waals surface area contributed by atoms with E-state index in [0.29, 0.717) is 30.7 Å². The molecular weight excluding hydrogens is 336 g/mol. The van der Waals surface area contributed by atoms with Gasteiger partial charge in [0.2, 0.25) is 0 Å². The Kier molecular flexibility index (Phi) is 6.12. The van der Waals surface area contributed by atoms with E-state index in [-0.39, 0.29) is 12.5 Å². The Bertz CT molecular complexity index is 713. The molecule has 0 saturated carbocycles. The molecule has 1 saturated heterocycles. The van der Waals surface area contributed by atoms with Crippen molar-refractivity contribution < 1.29 is 9.84 Å². The Labute approximate surface area is 152 Å². The van der Waals surface area contributed by atoms with Crippen molar-refractivity contribution in [2.24, 2.45) is 5.92 Å². The third-order valence-electron chi connectivity index (χ3n) is 4.25. The molecule has 0 aliphatic carbocycles. The molecule has 1 aliphatic rings. The minimum absolute atomic E-state index is 0.0850. The molecule has 3 rings (SSSR count). The number of aryl methyl sites for hydroxylation is 1. The Morgan fingerprint density at radius 3 is 3.00 bits per heavy atom. The van der Waals surface area contributed by atoms with Crippen molar-refractivity contribution in [1.29, 1.82) is 0 Å². The van der Waals surface area contributed by atoms with Gasteiger partial charge in [-0.25, -0.2) is 9.97 Å². The Balaban J connectivity index is 1.74. The Morgan fingerprint density at radius 2 is 2.20 bits per heavy atom. The monoisotopic (exact) mass is 360 g/mol. The van der Waals surface area contributed by atoms with Gasteiger partial charge in [0, 0.05) is 37.4 Å². The largest absolute Gasteiger partial charge is 0.396 e. The Morgan fingerprint density at radius 1 is 1.36 bits per heavy atom. The molecule has 1 atom stereocenters. The van der Waals surface area contributed by atoms with E-state index in [1.807, 2.05) is 12.1 Å². The molecule has 25 heavy (non-hydrogen) atoms. The summed E-state index contributed by atoms with van der Waals surface area (Å²) < 4.78 is 5.55. The summed E-state index contributed by atoms with van der Waals surface area (Å²) in [7, 11) is 0. The summed E-state index contributed by atoms with van der Waals surface area (Å²) in [5.41, 5.74) is 8.53. The van der Waals surface area contributed by atoms with Gasteiger partial charge >= 0.3 is 0 Å². The van der Waals surface area contributed by atoms with Crippen molar-refractivity contribution in [3.05, 3.63) is 41.5 Å². The van der Waals surface area contributed by atoms with E-state index >= 15 is 0 Å². The molecular formula is C18H24N4O2S. The number of nitrogens with two attached hydrogens (primary N) is 1. The first-order valence-electron chi connectivity index (χ1n) is 8.41. The fraction of sp³-hybridized carbons (Fsp3) is 0.444. The zero-order valence-corrected chi connectivity index (χ0v) is 15.2. The fourth-order valence-corrected chi connectivity index (χ4v) is 3.71. The molecule has 1 aromatic carbocycles. The summed E-state index contributed by atoms with van der Waals surface area (Å²) in [6.07, 6.45) is 0. The minimum atomic E-state index is 0.0850. The topological polar surface area (TPSA) is 84.5 Å². The molecule has 0 amide bonds. The van der Waals surface area contributed by atoms with Crippen LogP contribution in [0.4, 0.5) is 11.6 Å². The maximum atomic E-state index is 9.46. The number of nitrogens with zero attached hydrogens (tertiary/aromatic N) is 3. The molecule has 6 nitrogen and oxygen atoms in total. The molecule has 7 heteroatoms. The van der Waals surface area contributed by atoms with Gasteiger partial charge in [0.25, 0.3) is 0 Å². The van der Waals surface area contributed by atoms with Crippen molar-refractivity contribution in [2.75, 3.05) is 43.5 Å². The molecule has 1 fully saturated rings. The fourth-order valence-electron chi connectivity index (χ4n) is 2.77. The van der Waals surface area contributed by atoms with Crippen LogP contribution < -0.4 is 10.6 Å². The van der Waals surface area contributed by atoms with Crippen molar-refractivity contribution >= 4 is 23.4 Å². The van der Waals surface area contributed by atoms with Crippen LogP contribution in [0.5, 0.6) is 0 Å². The SMILES string of the molecule is Cc1ccccc1CSc1nc(N)cc(N2CCOCC(CO)C2)n1. The van der Waals surface area contributed by atoms with E-state index in [0.717, 1.165) is 18.1 Å². The zero-order valence-electron chi connectivity index (χ0n) is 14.4. The number of aromatic nitrogens is 2. The third-order valence-corrected chi connectivity index (χ3v) is 5.15. The maximum Gasteiger partial charge on any atom is 0.191 e. The minimum Gasteiger partial charge on any atom is -0.396 e. The summed E-state index contributed by atoms with van der Waals surface area (Å²) in [5, 5.41) is 10.1. The second-order valence-corrected chi connectivity index (χ2v) is 7.16. The van der Waals surface area contributed by atoms with Crippen LogP contribution in [0.2, 0.25) is 0 Å². The van der Waals surface area contributed by atoms with Gasteiger partial charge in [-0.3, -0.25) is 0 Å². The summed E-state index contributed by atoms with van der Waals surface area (Å²) in [5.74, 6) is 2.14. The number of hydrogen-bond donors (Lipinski definition) is 2. The second-order valence-electron chi connectivity index (χ2n) is 6.22. The molecule has 3 N–H and O–H groups in total. The van der Waals surface area contributed by atoms with E-state index in [1.165, 1.54) is 11.1 Å². The molecule has 1 unspecified atom stereocenters. The van der Waals surface area contributed by atoms with Gasteiger partial charge in [0.1, 0.15) is 11.6 Å². The molecule has 0 radical (unpaired) electrons. The van der Waals surface area contributed by atoms with Crippen LogP contribution in [0.15, 0.2) is 35.5 Å². The van der Waals surface area contributed by atoms with Gasteiger partial charge in [0.15, 0.2) is 5.16 Å². The highest BCUT2D eigenvalue weighted by Gasteiger charge is 2.20. The van der Waals surface area contributed by atoms with Crippen molar-refractivity contribution in [2.45, 2.75) is 17.8 Å². The lowest BCUT2D eigenvalue weighted by Gasteiger charge is -2.24. The normalized spacial score (nSPS) is 18.2. The number of benzene rings is 1. The summed E-state index contributed by atoms with van der Waals surface area (Å²) in [6, 6.07) is 10.1. The van der Waals surface area contributed by atoms with Crippen LogP contribution in [-0.4, -0.2) is 48.0 Å². The smallest absolute Gasteiger partial charge is 0.191 e. The lowest BCUT2D eigenvalue weighted by molar-refractivity contribution is 0.0959. The average molecular weight is 360 g/mol. The average Bonchev–Trinajstić information content (AvgIpc) is 2.86. The lowest BCUT2D eigenvalue weighted by atomic mass is 10.1. The molecule has 2 aromatic rings. The first kappa shape index (κ1) is 18.0. The van der Waals surface area contributed by atoms with Crippen LogP contribution in [0.25, 0.3) is 0 Å². The highest BCUT2D eigenvalue weighted by molar-refractivity contribution is 7.98. The van der Waals surface area contributed by atoms with Crippen LogP contribution in [0, 0.1) is 12.8 Å². The number of anilines is 2. The molecule has 134 valence electrons. The quantitative estimate of drug-likeness (QED) is 0.624. The summed E-state index contributed by atoms with van der Waals surface area (Å²) in [6.45, 7) is 4.83. The van der Waals surface area contributed by atoms with E-state index in [4.69, 9.17) is 10.5 Å². The van der Waals surface area contributed by atoms with Crippen LogP contribution in [-0.2, 0) is 10.5 Å². The van der Waals surface area contributed by atoms with Gasteiger partial charge in [-0.2, -0.15) is 0 Å². The van der Waals surface area contributed by atoms with Crippen molar-refractivity contribution in [1.82, 2.24) is 9.97 Å². The van der Waals surface area contributed by atoms with E-state index < -0.39 is 0 Å². The van der Waals surface area contributed by atoms with Gasteiger partial charge in [0.05, 0.1) is 13.2 Å². The van der Waals surface area contributed by atoms with Gasteiger partial charge < -0.3 is 20.5 Å². The van der Waals surface area contributed by atoms with Gasteiger partial charge in [-0.1, -0.05) is 36.0 Å². The third kappa shape index (κ3) is 4.84. The lowest BCUT2D eigenvalue weighted by Crippen LogP contribution is -2.32. The number of aliphatic hydroxyl groups excluding tert-OH is 1. The van der Waals surface area contributed by atoms with Crippen LogP contribution in [0.1, 0.15) is 11.1 Å². The van der Waals surface area contributed by atoms with Gasteiger partial charge in [-0.15, -0.1) is 0 Å². The molecule has 1 aromatic heterocycles. The molecule has 0 spiro atoms. The number of thioether (sulfide) groups is 1. The van der Waals surface area contributed by atoms with E-state index in [2.05, 4.69) is 33.9 Å². The second kappa shape index (κ2) is 8.51. The molecule has 2 heterocycles. The molecule has 0 bridgehead atoms. The first-order chi connectivity index (χ1) is 12.2. The number of ether oxygens (including phenoxy) is 1. The first-order valence-corrected chi connectivity index (χ1v) is 9.39. The van der Waals surface area contributed by atoms with Crippen molar-refractivity contribution in [3.63, 3.8) is 0 Å². The predicted octanol–water partition coefficient (Wildman–Crippen LogP) is 2.10. The van der Waals surface area contributed by atoms with E-state index in [1.54, 1.807) is 17.8 Å². The number of hydrogen-bond acceptors (Lipinski definition) is 7. The maximum absolute atomic E-state index is 9.46. The number of aliphatic hydroxyl groups is 1.